The van der Waals surface area contributed by atoms with Crippen LogP contribution in [0.3, 0.4) is 0 Å². The largest absolute Gasteiger partial charge is 0.494 e. The van der Waals surface area contributed by atoms with E-state index in [1.54, 1.807) is 0 Å². The summed E-state index contributed by atoms with van der Waals surface area (Å²) in [6.07, 6.45) is 1.39. The van der Waals surface area contributed by atoms with Crippen molar-refractivity contribution in [2.24, 2.45) is 5.92 Å². The van der Waals surface area contributed by atoms with Gasteiger partial charge in [0.1, 0.15) is 11.8 Å². The number of carboxylic acids is 1. The molecule has 0 aromatic heterocycles. The highest BCUT2D eigenvalue weighted by Crippen LogP contribution is 2.20. The van der Waals surface area contributed by atoms with Crippen molar-refractivity contribution in [1.82, 2.24) is 5.32 Å². The van der Waals surface area contributed by atoms with E-state index < -0.39 is 18.1 Å². The van der Waals surface area contributed by atoms with E-state index in [9.17, 15) is 9.90 Å². The Labute approximate surface area is 138 Å². The summed E-state index contributed by atoms with van der Waals surface area (Å²) >= 11 is 0. The standard InChI is InChI=1S/C18H29NO4/c1-4-11-23-15-7-5-14(6-8-15)17(20)9-10-19-16(18(21)22)12-13(2)3/h5-8,13,16-17,19-20H,4,9-12H2,1-3H3,(H,21,22). The van der Waals surface area contributed by atoms with Crippen LogP contribution < -0.4 is 10.1 Å². The molecule has 0 aliphatic carbocycles. The second-order valence-electron chi connectivity index (χ2n) is 6.20. The van der Waals surface area contributed by atoms with E-state index in [4.69, 9.17) is 9.84 Å². The van der Waals surface area contributed by atoms with Gasteiger partial charge < -0.3 is 20.3 Å². The normalized spacial score (nSPS) is 13.8. The van der Waals surface area contributed by atoms with Gasteiger partial charge in [0.25, 0.3) is 0 Å². The maximum atomic E-state index is 11.2. The van der Waals surface area contributed by atoms with Gasteiger partial charge in [0.15, 0.2) is 0 Å². The molecule has 3 N–H and O–H groups in total. The van der Waals surface area contributed by atoms with Gasteiger partial charge in [0.2, 0.25) is 0 Å². The first-order valence-corrected chi connectivity index (χ1v) is 8.31. The highest BCUT2D eigenvalue weighted by molar-refractivity contribution is 5.73. The predicted octanol–water partition coefficient (Wildman–Crippen LogP) is 2.99. The average molecular weight is 323 g/mol. The number of aliphatic hydroxyl groups is 1. The molecule has 1 rings (SSSR count). The first-order valence-electron chi connectivity index (χ1n) is 8.31. The van der Waals surface area contributed by atoms with Gasteiger partial charge in [-0.3, -0.25) is 4.79 Å². The highest BCUT2D eigenvalue weighted by atomic mass is 16.5. The summed E-state index contributed by atoms with van der Waals surface area (Å²) in [6, 6.07) is 6.82. The van der Waals surface area contributed by atoms with E-state index in [-0.39, 0.29) is 0 Å². The lowest BCUT2D eigenvalue weighted by molar-refractivity contribution is -0.139. The van der Waals surface area contributed by atoms with Gasteiger partial charge in [-0.1, -0.05) is 32.9 Å². The number of hydrogen-bond acceptors (Lipinski definition) is 4. The lowest BCUT2D eigenvalue weighted by Crippen LogP contribution is -2.38. The molecule has 0 spiro atoms. The first-order chi connectivity index (χ1) is 10.9. The molecule has 2 atom stereocenters. The van der Waals surface area contributed by atoms with Crippen LogP contribution in [0.15, 0.2) is 24.3 Å². The van der Waals surface area contributed by atoms with Gasteiger partial charge in [-0.25, -0.2) is 0 Å². The van der Waals surface area contributed by atoms with Crippen LogP contribution in [0.1, 0.15) is 51.7 Å². The number of benzene rings is 1. The summed E-state index contributed by atoms with van der Waals surface area (Å²) in [5.74, 6) is 0.263. The number of carboxylic acid groups (broad SMARTS) is 1. The summed E-state index contributed by atoms with van der Waals surface area (Å²) < 4.78 is 5.51. The fourth-order valence-corrected chi connectivity index (χ4v) is 2.31. The van der Waals surface area contributed by atoms with Crippen LogP contribution >= 0.6 is 0 Å². The molecule has 0 amide bonds. The Kier molecular flexibility index (Phi) is 8.66. The number of ether oxygens (including phenoxy) is 1. The molecule has 5 heteroatoms. The van der Waals surface area contributed by atoms with Gasteiger partial charge in [0.05, 0.1) is 12.7 Å². The van der Waals surface area contributed by atoms with Crippen molar-refractivity contribution in [1.29, 1.82) is 0 Å². The van der Waals surface area contributed by atoms with Crippen LogP contribution in [-0.4, -0.2) is 35.4 Å². The SMILES string of the molecule is CCCOc1ccc(C(O)CCNC(CC(C)C)C(=O)O)cc1. The summed E-state index contributed by atoms with van der Waals surface area (Å²) in [4.78, 5) is 11.2. The quantitative estimate of drug-likeness (QED) is 0.583. The first kappa shape index (κ1) is 19.5. The fourth-order valence-electron chi connectivity index (χ4n) is 2.31. The molecular weight excluding hydrogens is 294 g/mol. The fraction of sp³-hybridized carbons (Fsp3) is 0.611. The van der Waals surface area contributed by atoms with Crippen molar-refractivity contribution in [3.05, 3.63) is 29.8 Å². The van der Waals surface area contributed by atoms with Crippen molar-refractivity contribution >= 4 is 5.97 Å². The number of aliphatic hydroxyl groups excluding tert-OH is 1. The topological polar surface area (TPSA) is 78.8 Å². The number of rotatable bonds is 11. The summed E-state index contributed by atoms with van der Waals surface area (Å²) in [5, 5.41) is 22.4. The van der Waals surface area contributed by atoms with E-state index in [0.717, 1.165) is 17.7 Å². The van der Waals surface area contributed by atoms with Crippen LogP contribution in [0, 0.1) is 5.92 Å². The van der Waals surface area contributed by atoms with Gasteiger partial charge in [-0.2, -0.15) is 0 Å². The van der Waals surface area contributed by atoms with Gasteiger partial charge in [0, 0.05) is 0 Å². The molecule has 0 fully saturated rings. The van der Waals surface area contributed by atoms with Crippen LogP contribution in [0.4, 0.5) is 0 Å². The Morgan fingerprint density at radius 1 is 1.26 bits per heavy atom. The molecule has 5 nitrogen and oxygen atoms in total. The lowest BCUT2D eigenvalue weighted by atomic mass is 10.0. The number of nitrogens with one attached hydrogen (secondary N) is 1. The van der Waals surface area contributed by atoms with Crippen LogP contribution in [0.25, 0.3) is 0 Å². The molecule has 0 heterocycles. The van der Waals surface area contributed by atoms with Crippen LogP contribution in [0.5, 0.6) is 5.75 Å². The minimum absolute atomic E-state index is 0.309. The lowest BCUT2D eigenvalue weighted by Gasteiger charge is -2.18. The zero-order valence-electron chi connectivity index (χ0n) is 14.3. The van der Waals surface area contributed by atoms with Crippen molar-refractivity contribution in [2.45, 2.75) is 52.2 Å². The zero-order valence-corrected chi connectivity index (χ0v) is 14.3. The number of carbonyl (C=O) groups is 1. The second-order valence-corrected chi connectivity index (χ2v) is 6.20. The molecule has 23 heavy (non-hydrogen) atoms. The average Bonchev–Trinajstić information content (AvgIpc) is 2.51. The molecule has 0 aliphatic heterocycles. The second kappa shape index (κ2) is 10.2. The van der Waals surface area contributed by atoms with Crippen molar-refractivity contribution < 1.29 is 19.7 Å². The monoisotopic (exact) mass is 323 g/mol. The Bertz CT molecular complexity index is 459. The number of aliphatic carboxylic acids is 1. The van der Waals surface area contributed by atoms with Gasteiger partial charge >= 0.3 is 5.97 Å². The maximum Gasteiger partial charge on any atom is 0.320 e. The molecule has 130 valence electrons. The third-order valence-corrected chi connectivity index (χ3v) is 3.55. The molecule has 1 aromatic rings. The minimum atomic E-state index is -0.842. The molecule has 0 saturated carbocycles. The summed E-state index contributed by atoms with van der Waals surface area (Å²) in [5.41, 5.74) is 0.811. The van der Waals surface area contributed by atoms with Crippen molar-refractivity contribution in [3.63, 3.8) is 0 Å². The van der Waals surface area contributed by atoms with Gasteiger partial charge in [-0.15, -0.1) is 0 Å². The molecule has 0 radical (unpaired) electrons. The van der Waals surface area contributed by atoms with Gasteiger partial charge in [-0.05, 0) is 49.4 Å². The van der Waals surface area contributed by atoms with Crippen LogP contribution in [-0.2, 0) is 4.79 Å². The summed E-state index contributed by atoms with van der Waals surface area (Å²) in [6.45, 7) is 7.18. The van der Waals surface area contributed by atoms with E-state index in [1.165, 1.54) is 0 Å². The third kappa shape index (κ3) is 7.48. The number of hydrogen-bond donors (Lipinski definition) is 3. The van der Waals surface area contributed by atoms with E-state index in [1.807, 2.05) is 38.1 Å². The Balaban J connectivity index is 2.43. The minimum Gasteiger partial charge on any atom is -0.494 e. The smallest absolute Gasteiger partial charge is 0.320 e. The summed E-state index contributed by atoms with van der Waals surface area (Å²) in [7, 11) is 0. The maximum absolute atomic E-state index is 11.2. The Hall–Kier alpha value is -1.59. The molecular formula is C18H29NO4. The van der Waals surface area contributed by atoms with Crippen molar-refractivity contribution in [2.75, 3.05) is 13.2 Å². The molecule has 2 unspecified atom stereocenters. The zero-order chi connectivity index (χ0) is 17.2. The van der Waals surface area contributed by atoms with Crippen molar-refractivity contribution in [3.8, 4) is 5.75 Å². The molecule has 0 aliphatic rings. The molecule has 1 aromatic carbocycles. The van der Waals surface area contributed by atoms with E-state index in [0.29, 0.717) is 31.9 Å². The van der Waals surface area contributed by atoms with E-state index >= 15 is 0 Å². The van der Waals surface area contributed by atoms with Crippen LogP contribution in [0.2, 0.25) is 0 Å². The third-order valence-electron chi connectivity index (χ3n) is 3.55. The highest BCUT2D eigenvalue weighted by Gasteiger charge is 2.18. The van der Waals surface area contributed by atoms with E-state index in [2.05, 4.69) is 12.2 Å². The predicted molar refractivity (Wildman–Crippen MR) is 90.7 cm³/mol. The molecule has 0 saturated heterocycles. The molecule has 0 bridgehead atoms. The Morgan fingerprint density at radius 2 is 1.91 bits per heavy atom. The Morgan fingerprint density at radius 3 is 2.43 bits per heavy atom.